The molecule has 3 aromatic heterocycles. The van der Waals surface area contributed by atoms with E-state index in [1.54, 1.807) is 24.8 Å². The molecule has 176 valence electrons. The van der Waals surface area contributed by atoms with Crippen molar-refractivity contribution in [1.82, 2.24) is 20.2 Å². The van der Waals surface area contributed by atoms with E-state index in [2.05, 4.69) is 32.3 Å². The first kappa shape index (κ1) is 22.7. The number of carbonyl (C=O) groups is 1. The van der Waals surface area contributed by atoms with E-state index in [4.69, 9.17) is 4.74 Å². The predicted molar refractivity (Wildman–Crippen MR) is 136 cm³/mol. The molecule has 1 N–H and O–H groups in total. The first-order chi connectivity index (χ1) is 17.1. The number of hydrogen-bond donors (Lipinski definition) is 1. The van der Waals surface area contributed by atoms with E-state index in [0.29, 0.717) is 23.8 Å². The number of rotatable bonds is 7. The fraction of sp³-hybridized carbons (Fsp3) is 0.241. The van der Waals surface area contributed by atoms with Crippen LogP contribution in [-0.4, -0.2) is 25.9 Å². The Morgan fingerprint density at radius 1 is 1.06 bits per heavy atom. The third kappa shape index (κ3) is 5.90. The smallest absolute Gasteiger partial charge is 0.219 e. The number of carbonyl (C=O) groups excluding carboxylic acids is 1. The van der Waals surface area contributed by atoms with Crippen molar-refractivity contribution in [1.29, 1.82) is 0 Å². The van der Waals surface area contributed by atoms with E-state index in [1.165, 1.54) is 5.57 Å². The summed E-state index contributed by atoms with van der Waals surface area (Å²) in [7, 11) is 0. The molecule has 4 aromatic rings. The Labute approximate surface area is 205 Å². The number of pyridine rings is 2. The number of hydrogen-bond acceptors (Lipinski definition) is 5. The molecule has 6 heteroatoms. The lowest BCUT2D eigenvalue weighted by Crippen LogP contribution is -2.13. The summed E-state index contributed by atoms with van der Waals surface area (Å²) in [6, 6.07) is 15.7. The number of ketones is 1. The number of nitrogens with one attached hydrogen (secondary N) is 1. The van der Waals surface area contributed by atoms with Crippen molar-refractivity contribution in [3.05, 3.63) is 95.6 Å². The van der Waals surface area contributed by atoms with Gasteiger partial charge in [-0.2, -0.15) is 5.10 Å². The number of aryl methyl sites for hydroxylation is 1. The molecule has 3 heterocycles. The molecule has 1 fully saturated rings. The molecule has 1 aliphatic rings. The average Bonchev–Trinajstić information content (AvgIpc) is 3.42. The van der Waals surface area contributed by atoms with Gasteiger partial charge in [-0.05, 0) is 73.9 Å². The minimum Gasteiger partial charge on any atom is -0.439 e. The topological polar surface area (TPSA) is 80.8 Å². The minimum absolute atomic E-state index is 0.170. The van der Waals surface area contributed by atoms with E-state index < -0.39 is 0 Å². The van der Waals surface area contributed by atoms with Gasteiger partial charge in [-0.15, -0.1) is 0 Å². The number of allylic oxidation sites excluding steroid dienone is 1. The van der Waals surface area contributed by atoms with Crippen LogP contribution in [0.1, 0.15) is 53.6 Å². The van der Waals surface area contributed by atoms with E-state index in [-0.39, 0.29) is 5.78 Å². The van der Waals surface area contributed by atoms with Crippen molar-refractivity contribution >= 4 is 11.9 Å². The zero-order chi connectivity index (χ0) is 24.0. The van der Waals surface area contributed by atoms with Gasteiger partial charge in [0, 0.05) is 42.2 Å². The van der Waals surface area contributed by atoms with Gasteiger partial charge in [0.05, 0.1) is 11.9 Å². The van der Waals surface area contributed by atoms with Crippen LogP contribution in [0.15, 0.2) is 78.9 Å². The summed E-state index contributed by atoms with van der Waals surface area (Å²) in [5, 5.41) is 6.73. The van der Waals surface area contributed by atoms with Crippen molar-refractivity contribution in [3.63, 3.8) is 0 Å². The number of benzene rings is 1. The number of H-pyrrole nitrogens is 1. The van der Waals surface area contributed by atoms with Gasteiger partial charge in [-0.3, -0.25) is 14.9 Å². The van der Waals surface area contributed by atoms with Crippen LogP contribution in [0.4, 0.5) is 0 Å². The van der Waals surface area contributed by atoms with Gasteiger partial charge in [-0.25, -0.2) is 4.98 Å². The number of aromatic amines is 1. The molecule has 0 atom stereocenters. The summed E-state index contributed by atoms with van der Waals surface area (Å²) in [6.45, 7) is 2.01. The summed E-state index contributed by atoms with van der Waals surface area (Å²) < 4.78 is 5.91. The van der Waals surface area contributed by atoms with Crippen molar-refractivity contribution in [2.45, 2.75) is 39.0 Å². The van der Waals surface area contributed by atoms with Crippen molar-refractivity contribution < 1.29 is 9.53 Å². The lowest BCUT2D eigenvalue weighted by atomic mass is 9.82. The lowest BCUT2D eigenvalue weighted by Gasteiger charge is -2.23. The van der Waals surface area contributed by atoms with E-state index in [1.807, 2.05) is 49.4 Å². The molecule has 5 rings (SSSR count). The maximum absolute atomic E-state index is 12.8. The molecule has 0 radical (unpaired) electrons. The molecule has 1 aliphatic carbocycles. The molecule has 1 aromatic carbocycles. The predicted octanol–water partition coefficient (Wildman–Crippen LogP) is 6.81. The average molecular weight is 465 g/mol. The van der Waals surface area contributed by atoms with E-state index in [9.17, 15) is 4.79 Å². The Morgan fingerprint density at radius 3 is 2.66 bits per heavy atom. The first-order valence-corrected chi connectivity index (χ1v) is 12.0. The van der Waals surface area contributed by atoms with Crippen LogP contribution in [0.2, 0.25) is 0 Å². The lowest BCUT2D eigenvalue weighted by molar-refractivity contribution is 0.0953. The van der Waals surface area contributed by atoms with Gasteiger partial charge in [0.15, 0.2) is 5.78 Å². The molecule has 0 aliphatic heterocycles. The number of aromatic nitrogens is 4. The van der Waals surface area contributed by atoms with E-state index >= 15 is 0 Å². The second-order valence-electron chi connectivity index (χ2n) is 9.14. The van der Waals surface area contributed by atoms with Crippen molar-refractivity contribution in [2.24, 2.45) is 5.92 Å². The van der Waals surface area contributed by atoms with Crippen LogP contribution in [0.3, 0.4) is 0 Å². The number of nitrogens with zero attached hydrogens (tertiary/aromatic N) is 3. The maximum atomic E-state index is 12.8. The van der Waals surface area contributed by atoms with Crippen molar-refractivity contribution in [2.75, 3.05) is 0 Å². The largest absolute Gasteiger partial charge is 0.439 e. The summed E-state index contributed by atoms with van der Waals surface area (Å²) in [6.07, 6.45) is 13.9. The SMILES string of the molecule is Cc1ccc(Oc2cccc(C=C3CCC(CC(=O)c4ccc(-c5cn[nH]c5)nc4)CC3)c2)nc1. The molecular formula is C29H28N4O2. The quantitative estimate of drug-likeness (QED) is 0.304. The molecule has 0 saturated heterocycles. The zero-order valence-corrected chi connectivity index (χ0v) is 19.8. The van der Waals surface area contributed by atoms with Gasteiger partial charge in [-0.1, -0.05) is 29.8 Å². The summed E-state index contributed by atoms with van der Waals surface area (Å²) in [4.78, 5) is 21.5. The molecule has 0 unspecified atom stereocenters. The molecule has 6 nitrogen and oxygen atoms in total. The fourth-order valence-corrected chi connectivity index (χ4v) is 4.44. The first-order valence-electron chi connectivity index (χ1n) is 12.0. The van der Waals surface area contributed by atoms with Gasteiger partial charge >= 0.3 is 0 Å². The van der Waals surface area contributed by atoms with Gasteiger partial charge in [0.25, 0.3) is 0 Å². The monoisotopic (exact) mass is 464 g/mol. The van der Waals surface area contributed by atoms with Crippen LogP contribution in [0.5, 0.6) is 11.6 Å². The Hall–Kier alpha value is -4.06. The third-order valence-corrected chi connectivity index (χ3v) is 6.44. The Morgan fingerprint density at radius 2 is 1.94 bits per heavy atom. The highest BCUT2D eigenvalue weighted by atomic mass is 16.5. The molecule has 0 bridgehead atoms. The molecular weight excluding hydrogens is 436 g/mol. The Balaban J connectivity index is 1.15. The number of Topliss-reactive ketones (excluding diaryl/α,β-unsaturated/α-hetero) is 1. The van der Waals surface area contributed by atoms with Gasteiger partial charge < -0.3 is 4.74 Å². The number of ether oxygens (including phenoxy) is 1. The Kier molecular flexibility index (Phi) is 6.80. The zero-order valence-electron chi connectivity index (χ0n) is 19.8. The highest BCUT2D eigenvalue weighted by Gasteiger charge is 2.20. The second kappa shape index (κ2) is 10.5. The van der Waals surface area contributed by atoms with Crippen LogP contribution in [0.25, 0.3) is 17.3 Å². The van der Waals surface area contributed by atoms with Gasteiger partial charge in [0.2, 0.25) is 5.88 Å². The standard InChI is InChI=1S/C29H28N4O2/c1-20-5-12-29(31-16-20)35-26-4-2-3-23(14-26)13-21-6-8-22(9-7-21)15-28(34)24-10-11-27(30-17-24)25-18-32-33-19-25/h2-5,10-14,16-19,22H,6-9,15H2,1H3,(H,32,33). The highest BCUT2D eigenvalue weighted by Crippen LogP contribution is 2.33. The van der Waals surface area contributed by atoms with Crippen LogP contribution >= 0.6 is 0 Å². The fourth-order valence-electron chi connectivity index (χ4n) is 4.44. The van der Waals surface area contributed by atoms with Crippen LogP contribution in [-0.2, 0) is 0 Å². The summed E-state index contributed by atoms with van der Waals surface area (Å²) in [5.74, 6) is 1.96. The third-order valence-electron chi connectivity index (χ3n) is 6.44. The van der Waals surface area contributed by atoms with E-state index in [0.717, 1.165) is 53.8 Å². The second-order valence-corrected chi connectivity index (χ2v) is 9.14. The molecule has 0 amide bonds. The minimum atomic E-state index is 0.170. The molecule has 35 heavy (non-hydrogen) atoms. The summed E-state index contributed by atoms with van der Waals surface area (Å²) in [5.41, 5.74) is 6.06. The van der Waals surface area contributed by atoms with Crippen LogP contribution < -0.4 is 4.74 Å². The maximum Gasteiger partial charge on any atom is 0.219 e. The molecule has 0 spiro atoms. The normalized spacial score (nSPS) is 15.6. The van der Waals surface area contributed by atoms with Crippen molar-refractivity contribution in [3.8, 4) is 22.9 Å². The van der Waals surface area contributed by atoms with Crippen LogP contribution in [0, 0.1) is 12.8 Å². The van der Waals surface area contributed by atoms with Gasteiger partial charge in [0.1, 0.15) is 5.75 Å². The highest BCUT2D eigenvalue weighted by molar-refractivity contribution is 5.96. The Bertz CT molecular complexity index is 1300. The summed E-state index contributed by atoms with van der Waals surface area (Å²) >= 11 is 0. The molecule has 1 saturated carbocycles.